The molecule has 1 amide bonds. The van der Waals surface area contributed by atoms with Crippen LogP contribution in [0.25, 0.3) is 0 Å². The molecule has 0 aliphatic carbocycles. The molecule has 2 rings (SSSR count). The van der Waals surface area contributed by atoms with Gasteiger partial charge >= 0.3 is 0 Å². The molecule has 2 aromatic rings. The van der Waals surface area contributed by atoms with E-state index in [0.717, 1.165) is 6.42 Å². The van der Waals surface area contributed by atoms with E-state index in [-0.39, 0.29) is 11.9 Å². The lowest BCUT2D eigenvalue weighted by Gasteiger charge is -2.13. The zero-order valence-corrected chi connectivity index (χ0v) is 13.4. The second-order valence-electron chi connectivity index (χ2n) is 5.69. The van der Waals surface area contributed by atoms with Crippen molar-refractivity contribution in [3.63, 3.8) is 0 Å². The summed E-state index contributed by atoms with van der Waals surface area (Å²) in [6.45, 7) is 6.72. The number of carbonyl (C=O) groups is 1. The summed E-state index contributed by atoms with van der Waals surface area (Å²) in [5, 5.41) is 6.16. The van der Waals surface area contributed by atoms with Gasteiger partial charge < -0.3 is 10.6 Å². The summed E-state index contributed by atoms with van der Waals surface area (Å²) >= 11 is 0. The highest BCUT2D eigenvalue weighted by Gasteiger charge is 2.12. The molecule has 1 aromatic heterocycles. The number of pyridine rings is 1. The third-order valence-corrected chi connectivity index (χ3v) is 3.26. The highest BCUT2D eigenvalue weighted by molar-refractivity contribution is 5.98. The first kappa shape index (κ1) is 16.0. The molecule has 0 bridgehead atoms. The molecule has 0 aliphatic heterocycles. The van der Waals surface area contributed by atoms with E-state index in [1.807, 2.05) is 19.9 Å². The number of amides is 1. The number of rotatable bonds is 6. The van der Waals surface area contributed by atoms with E-state index >= 15 is 0 Å². The number of nitrogens with one attached hydrogen (secondary N) is 2. The SMILES string of the molecule is Cc1cccc(CCNC(=O)c2cccnc2NC(C)C)c1. The summed E-state index contributed by atoms with van der Waals surface area (Å²) < 4.78 is 0. The molecule has 0 atom stereocenters. The molecule has 4 heteroatoms. The van der Waals surface area contributed by atoms with E-state index in [9.17, 15) is 4.79 Å². The standard InChI is InChI=1S/C18H23N3O/c1-13(2)21-17-16(8-5-10-19-17)18(22)20-11-9-15-7-4-6-14(3)12-15/h4-8,10,12-13H,9,11H2,1-3H3,(H,19,21)(H,20,22). The summed E-state index contributed by atoms with van der Waals surface area (Å²) in [6.07, 6.45) is 2.51. The third kappa shape index (κ3) is 4.58. The maximum atomic E-state index is 12.3. The van der Waals surface area contributed by atoms with Gasteiger partial charge in [0.1, 0.15) is 5.82 Å². The minimum atomic E-state index is -0.0936. The summed E-state index contributed by atoms with van der Waals surface area (Å²) in [4.78, 5) is 16.6. The van der Waals surface area contributed by atoms with Crippen LogP contribution in [0.2, 0.25) is 0 Å². The first-order chi connectivity index (χ1) is 10.6. The van der Waals surface area contributed by atoms with Crippen molar-refractivity contribution in [2.24, 2.45) is 0 Å². The molecule has 0 fully saturated rings. The molecular formula is C18H23N3O. The first-order valence-electron chi connectivity index (χ1n) is 7.61. The van der Waals surface area contributed by atoms with Crippen molar-refractivity contribution in [3.8, 4) is 0 Å². The minimum Gasteiger partial charge on any atom is -0.367 e. The van der Waals surface area contributed by atoms with Gasteiger partial charge in [-0.3, -0.25) is 4.79 Å². The Balaban J connectivity index is 1.95. The molecule has 0 aliphatic rings. The zero-order chi connectivity index (χ0) is 15.9. The number of anilines is 1. The minimum absolute atomic E-state index is 0.0936. The zero-order valence-electron chi connectivity index (χ0n) is 13.4. The first-order valence-corrected chi connectivity index (χ1v) is 7.61. The molecule has 0 spiro atoms. The average molecular weight is 297 g/mol. The summed E-state index contributed by atoms with van der Waals surface area (Å²) in [5.41, 5.74) is 3.05. The van der Waals surface area contributed by atoms with Crippen LogP contribution in [0.3, 0.4) is 0 Å². The van der Waals surface area contributed by atoms with Gasteiger partial charge in [0.2, 0.25) is 0 Å². The molecule has 1 heterocycles. The molecule has 1 aromatic carbocycles. The number of hydrogen-bond acceptors (Lipinski definition) is 3. The summed E-state index contributed by atoms with van der Waals surface area (Å²) in [6, 6.07) is 12.1. The van der Waals surface area contributed by atoms with Crippen molar-refractivity contribution in [2.75, 3.05) is 11.9 Å². The Morgan fingerprint density at radius 2 is 2.05 bits per heavy atom. The lowest BCUT2D eigenvalue weighted by Crippen LogP contribution is -2.27. The van der Waals surface area contributed by atoms with Crippen LogP contribution in [0, 0.1) is 6.92 Å². The molecule has 22 heavy (non-hydrogen) atoms. The van der Waals surface area contributed by atoms with Gasteiger partial charge in [0, 0.05) is 18.8 Å². The van der Waals surface area contributed by atoms with Crippen LogP contribution in [-0.2, 0) is 6.42 Å². The van der Waals surface area contributed by atoms with Crippen LogP contribution in [0.15, 0.2) is 42.6 Å². The number of aryl methyl sites for hydroxylation is 1. The molecule has 2 N–H and O–H groups in total. The number of benzene rings is 1. The van der Waals surface area contributed by atoms with Crippen molar-refractivity contribution in [2.45, 2.75) is 33.2 Å². The van der Waals surface area contributed by atoms with Crippen molar-refractivity contribution in [1.29, 1.82) is 0 Å². The summed E-state index contributed by atoms with van der Waals surface area (Å²) in [5.74, 6) is 0.537. The summed E-state index contributed by atoms with van der Waals surface area (Å²) in [7, 11) is 0. The predicted octanol–water partition coefficient (Wildman–Crippen LogP) is 3.18. The normalized spacial score (nSPS) is 10.5. The fourth-order valence-electron chi connectivity index (χ4n) is 2.26. The van der Waals surface area contributed by atoms with E-state index in [4.69, 9.17) is 0 Å². The largest absolute Gasteiger partial charge is 0.367 e. The highest BCUT2D eigenvalue weighted by atomic mass is 16.1. The molecule has 0 radical (unpaired) electrons. The lowest BCUT2D eigenvalue weighted by atomic mass is 10.1. The van der Waals surface area contributed by atoms with Crippen LogP contribution in [0.5, 0.6) is 0 Å². The Kier molecular flexibility index (Phi) is 5.53. The highest BCUT2D eigenvalue weighted by Crippen LogP contribution is 2.12. The number of carbonyl (C=O) groups excluding carboxylic acids is 1. The van der Waals surface area contributed by atoms with Gasteiger partial charge in [-0.25, -0.2) is 4.98 Å². The second-order valence-corrected chi connectivity index (χ2v) is 5.69. The van der Waals surface area contributed by atoms with Crippen LogP contribution in [0.4, 0.5) is 5.82 Å². The average Bonchev–Trinajstić information content (AvgIpc) is 2.47. The predicted molar refractivity (Wildman–Crippen MR) is 90.2 cm³/mol. The van der Waals surface area contributed by atoms with Crippen molar-refractivity contribution >= 4 is 11.7 Å². The number of aromatic nitrogens is 1. The smallest absolute Gasteiger partial charge is 0.255 e. The van der Waals surface area contributed by atoms with Crippen molar-refractivity contribution in [1.82, 2.24) is 10.3 Å². The Bertz CT molecular complexity index is 638. The van der Waals surface area contributed by atoms with E-state index in [2.05, 4.69) is 40.7 Å². The van der Waals surface area contributed by atoms with Crippen molar-refractivity contribution in [3.05, 3.63) is 59.3 Å². The van der Waals surface area contributed by atoms with E-state index < -0.39 is 0 Å². The van der Waals surface area contributed by atoms with Gasteiger partial charge in [0.15, 0.2) is 0 Å². The Morgan fingerprint density at radius 3 is 2.77 bits per heavy atom. The fraction of sp³-hybridized carbons (Fsp3) is 0.333. The van der Waals surface area contributed by atoms with Gasteiger partial charge in [0.25, 0.3) is 5.91 Å². The van der Waals surface area contributed by atoms with E-state index in [1.54, 1.807) is 18.3 Å². The maximum Gasteiger partial charge on any atom is 0.255 e. The van der Waals surface area contributed by atoms with E-state index in [1.165, 1.54) is 11.1 Å². The topological polar surface area (TPSA) is 54.0 Å². The van der Waals surface area contributed by atoms with Crippen molar-refractivity contribution < 1.29 is 4.79 Å². The molecule has 4 nitrogen and oxygen atoms in total. The monoisotopic (exact) mass is 297 g/mol. The van der Waals surface area contributed by atoms with Crippen LogP contribution >= 0.6 is 0 Å². The van der Waals surface area contributed by atoms with Gasteiger partial charge in [-0.2, -0.15) is 0 Å². The van der Waals surface area contributed by atoms with Gasteiger partial charge in [-0.05, 0) is 44.9 Å². The molecule has 0 saturated heterocycles. The molecule has 116 valence electrons. The maximum absolute atomic E-state index is 12.3. The lowest BCUT2D eigenvalue weighted by molar-refractivity contribution is 0.0954. The van der Waals surface area contributed by atoms with Crippen LogP contribution in [-0.4, -0.2) is 23.5 Å². The molecular weight excluding hydrogens is 274 g/mol. The number of hydrogen-bond donors (Lipinski definition) is 2. The third-order valence-electron chi connectivity index (χ3n) is 3.26. The van der Waals surface area contributed by atoms with Gasteiger partial charge in [-0.15, -0.1) is 0 Å². The van der Waals surface area contributed by atoms with E-state index in [0.29, 0.717) is 17.9 Å². The van der Waals surface area contributed by atoms with Gasteiger partial charge in [-0.1, -0.05) is 29.8 Å². The molecule has 0 saturated carbocycles. The van der Waals surface area contributed by atoms with Crippen LogP contribution in [0.1, 0.15) is 35.3 Å². The number of nitrogens with zero attached hydrogens (tertiary/aromatic N) is 1. The Hall–Kier alpha value is -2.36. The molecule has 0 unspecified atom stereocenters. The van der Waals surface area contributed by atoms with Gasteiger partial charge in [0.05, 0.1) is 5.56 Å². The Morgan fingerprint density at radius 1 is 1.23 bits per heavy atom. The second kappa shape index (κ2) is 7.59. The Labute approximate surface area is 132 Å². The van der Waals surface area contributed by atoms with Crippen LogP contribution < -0.4 is 10.6 Å². The quantitative estimate of drug-likeness (QED) is 0.861. The fourth-order valence-corrected chi connectivity index (χ4v) is 2.26.